The highest BCUT2D eigenvalue weighted by Gasteiger charge is 2.09. The van der Waals surface area contributed by atoms with Crippen LogP contribution in [0.15, 0.2) is 17.5 Å². The van der Waals surface area contributed by atoms with Gasteiger partial charge in [-0.05, 0) is 11.4 Å². The molecule has 2 aromatic heterocycles. The topological polar surface area (TPSA) is 30.7 Å². The minimum atomic E-state index is 0.398. The smallest absolute Gasteiger partial charge is 0.173 e. The summed E-state index contributed by atoms with van der Waals surface area (Å²) in [5, 5.41) is 10.1. The van der Waals surface area contributed by atoms with Gasteiger partial charge in [-0.2, -0.15) is 0 Å². The molecule has 0 spiro atoms. The highest BCUT2D eigenvalue weighted by Crippen LogP contribution is 2.22. The third-order valence-electron chi connectivity index (χ3n) is 1.83. The molecule has 0 saturated carbocycles. The fourth-order valence-electron chi connectivity index (χ4n) is 1.10. The Morgan fingerprint density at radius 2 is 2.38 bits per heavy atom. The van der Waals surface area contributed by atoms with Crippen molar-refractivity contribution < 1.29 is 0 Å². The first-order valence-electron chi connectivity index (χ1n) is 3.81. The monoisotopic (exact) mass is 213 g/mol. The van der Waals surface area contributed by atoms with Crippen LogP contribution in [0.3, 0.4) is 0 Å². The van der Waals surface area contributed by atoms with Crippen molar-refractivity contribution in [3.05, 3.63) is 23.3 Å². The van der Waals surface area contributed by atoms with E-state index in [1.807, 2.05) is 29.1 Å². The van der Waals surface area contributed by atoms with Crippen molar-refractivity contribution in [3.63, 3.8) is 0 Å². The number of thiophene rings is 1. The Bertz CT molecular complexity index is 393. The van der Waals surface area contributed by atoms with E-state index in [-0.39, 0.29) is 0 Å². The van der Waals surface area contributed by atoms with E-state index < -0.39 is 0 Å². The quantitative estimate of drug-likeness (QED) is 0.717. The van der Waals surface area contributed by atoms with E-state index in [9.17, 15) is 0 Å². The molecule has 2 heterocycles. The molecule has 0 aliphatic carbocycles. The lowest BCUT2D eigenvalue weighted by atomic mass is 10.4. The van der Waals surface area contributed by atoms with Crippen LogP contribution in [-0.2, 0) is 12.9 Å². The van der Waals surface area contributed by atoms with Crippen molar-refractivity contribution in [1.82, 2.24) is 14.8 Å². The minimum Gasteiger partial charge on any atom is -0.312 e. The van der Waals surface area contributed by atoms with E-state index in [2.05, 4.69) is 10.2 Å². The fourth-order valence-corrected chi connectivity index (χ4v) is 2.07. The van der Waals surface area contributed by atoms with Crippen molar-refractivity contribution in [2.24, 2.45) is 7.05 Å². The standard InChI is InChI=1S/C8H8ClN3S/c1-12-7(5-9)10-11-8(12)6-3-2-4-13-6/h2-4H,5H2,1H3. The van der Waals surface area contributed by atoms with Gasteiger partial charge in [-0.25, -0.2) is 0 Å². The fraction of sp³-hybridized carbons (Fsp3) is 0.250. The van der Waals surface area contributed by atoms with E-state index in [0.717, 1.165) is 16.5 Å². The minimum absolute atomic E-state index is 0.398. The van der Waals surface area contributed by atoms with Crippen LogP contribution in [0.5, 0.6) is 0 Å². The van der Waals surface area contributed by atoms with Gasteiger partial charge in [0.25, 0.3) is 0 Å². The largest absolute Gasteiger partial charge is 0.312 e. The van der Waals surface area contributed by atoms with Gasteiger partial charge in [0.2, 0.25) is 0 Å². The normalized spacial score (nSPS) is 10.6. The molecule has 3 nitrogen and oxygen atoms in total. The zero-order valence-electron chi connectivity index (χ0n) is 7.07. The van der Waals surface area contributed by atoms with Gasteiger partial charge in [0, 0.05) is 7.05 Å². The van der Waals surface area contributed by atoms with Crippen molar-refractivity contribution in [2.75, 3.05) is 0 Å². The molecule has 0 bridgehead atoms. The van der Waals surface area contributed by atoms with Gasteiger partial charge >= 0.3 is 0 Å². The predicted molar refractivity (Wildman–Crippen MR) is 53.9 cm³/mol. The molecule has 13 heavy (non-hydrogen) atoms. The van der Waals surface area contributed by atoms with Crippen LogP contribution in [0.4, 0.5) is 0 Å². The van der Waals surface area contributed by atoms with Gasteiger partial charge in [0.15, 0.2) is 5.82 Å². The van der Waals surface area contributed by atoms with Crippen LogP contribution in [0.2, 0.25) is 0 Å². The zero-order chi connectivity index (χ0) is 9.26. The Kier molecular flexibility index (Phi) is 2.33. The van der Waals surface area contributed by atoms with Crippen LogP contribution in [0.25, 0.3) is 10.7 Å². The Balaban J connectivity index is 2.48. The molecule has 0 amide bonds. The molecule has 0 N–H and O–H groups in total. The average Bonchev–Trinajstić information content (AvgIpc) is 2.72. The van der Waals surface area contributed by atoms with Crippen LogP contribution >= 0.6 is 22.9 Å². The molecule has 0 aromatic carbocycles. The summed E-state index contributed by atoms with van der Waals surface area (Å²) in [4.78, 5) is 1.12. The summed E-state index contributed by atoms with van der Waals surface area (Å²) >= 11 is 7.33. The number of alkyl halides is 1. The van der Waals surface area contributed by atoms with Crippen LogP contribution in [-0.4, -0.2) is 14.8 Å². The van der Waals surface area contributed by atoms with Crippen LogP contribution < -0.4 is 0 Å². The molecule has 0 fully saturated rings. The number of aromatic nitrogens is 3. The third kappa shape index (κ3) is 1.47. The molecule has 0 aliphatic heterocycles. The Hall–Kier alpha value is -0.870. The molecule has 5 heteroatoms. The van der Waals surface area contributed by atoms with Crippen molar-refractivity contribution >= 4 is 22.9 Å². The second-order valence-electron chi connectivity index (χ2n) is 2.61. The number of halogens is 1. The van der Waals surface area contributed by atoms with Crippen LogP contribution in [0.1, 0.15) is 5.82 Å². The lowest BCUT2D eigenvalue weighted by Gasteiger charge is -1.98. The van der Waals surface area contributed by atoms with Gasteiger partial charge in [-0.15, -0.1) is 33.1 Å². The van der Waals surface area contributed by atoms with Crippen molar-refractivity contribution in [1.29, 1.82) is 0 Å². The maximum atomic E-state index is 5.69. The van der Waals surface area contributed by atoms with Crippen LogP contribution in [0, 0.1) is 0 Å². The maximum absolute atomic E-state index is 5.69. The molecule has 2 aromatic rings. The zero-order valence-corrected chi connectivity index (χ0v) is 8.64. The molecule has 0 saturated heterocycles. The highest BCUT2D eigenvalue weighted by molar-refractivity contribution is 7.13. The second kappa shape index (κ2) is 3.47. The first kappa shape index (κ1) is 8.72. The summed E-state index contributed by atoms with van der Waals surface area (Å²) in [6.45, 7) is 0. The van der Waals surface area contributed by atoms with Crippen molar-refractivity contribution in [3.8, 4) is 10.7 Å². The summed E-state index contributed by atoms with van der Waals surface area (Å²) < 4.78 is 1.92. The summed E-state index contributed by atoms with van der Waals surface area (Å²) in [5.74, 6) is 2.07. The highest BCUT2D eigenvalue weighted by atomic mass is 35.5. The molecule has 0 atom stereocenters. The van der Waals surface area contributed by atoms with E-state index in [0.29, 0.717) is 5.88 Å². The molecule has 0 radical (unpaired) electrons. The van der Waals surface area contributed by atoms with Gasteiger partial charge in [0.05, 0.1) is 10.8 Å². The lowest BCUT2D eigenvalue weighted by Crippen LogP contribution is -1.95. The second-order valence-corrected chi connectivity index (χ2v) is 3.82. The molecule has 0 unspecified atom stereocenters. The van der Waals surface area contributed by atoms with Crippen molar-refractivity contribution in [2.45, 2.75) is 5.88 Å². The molecule has 2 rings (SSSR count). The molecule has 68 valence electrons. The van der Waals surface area contributed by atoms with E-state index in [1.54, 1.807) is 11.3 Å². The first-order chi connectivity index (χ1) is 6.33. The summed E-state index contributed by atoms with van der Waals surface area (Å²) in [6.07, 6.45) is 0. The summed E-state index contributed by atoms with van der Waals surface area (Å²) in [6, 6.07) is 4.02. The SMILES string of the molecule is Cn1c(CCl)nnc1-c1cccs1. The summed E-state index contributed by atoms with van der Waals surface area (Å²) in [5.41, 5.74) is 0. The summed E-state index contributed by atoms with van der Waals surface area (Å²) in [7, 11) is 1.92. The maximum Gasteiger partial charge on any atom is 0.173 e. The van der Waals surface area contributed by atoms with E-state index >= 15 is 0 Å². The Morgan fingerprint density at radius 1 is 1.54 bits per heavy atom. The number of nitrogens with zero attached hydrogens (tertiary/aromatic N) is 3. The predicted octanol–water partition coefficient (Wildman–Crippen LogP) is 2.28. The molecular weight excluding hydrogens is 206 g/mol. The van der Waals surface area contributed by atoms with E-state index in [4.69, 9.17) is 11.6 Å². The van der Waals surface area contributed by atoms with Gasteiger partial charge in [0.1, 0.15) is 5.82 Å². The third-order valence-corrected chi connectivity index (χ3v) is 2.93. The van der Waals surface area contributed by atoms with Gasteiger partial charge in [-0.1, -0.05) is 6.07 Å². The molecule has 0 aliphatic rings. The van der Waals surface area contributed by atoms with Gasteiger partial charge < -0.3 is 4.57 Å². The molecular formula is C8H8ClN3S. The van der Waals surface area contributed by atoms with E-state index in [1.165, 1.54) is 0 Å². The Labute approximate surface area is 85.0 Å². The number of rotatable bonds is 2. The average molecular weight is 214 g/mol. The van der Waals surface area contributed by atoms with Gasteiger partial charge in [-0.3, -0.25) is 0 Å². The number of hydrogen-bond donors (Lipinski definition) is 0. The lowest BCUT2D eigenvalue weighted by molar-refractivity contribution is 0.855. The Morgan fingerprint density at radius 3 is 2.92 bits per heavy atom. The number of hydrogen-bond acceptors (Lipinski definition) is 3. The first-order valence-corrected chi connectivity index (χ1v) is 5.22.